The summed E-state index contributed by atoms with van der Waals surface area (Å²) in [6.45, 7) is 2.61. The van der Waals surface area contributed by atoms with Crippen molar-refractivity contribution in [3.63, 3.8) is 0 Å². The van der Waals surface area contributed by atoms with Crippen molar-refractivity contribution >= 4 is 11.6 Å². The second-order valence-electron chi connectivity index (χ2n) is 3.93. The third kappa shape index (κ3) is 2.90. The lowest BCUT2D eigenvalue weighted by atomic mass is 10.1. The van der Waals surface area contributed by atoms with E-state index in [0.717, 1.165) is 24.4 Å². The van der Waals surface area contributed by atoms with E-state index in [1.54, 1.807) is 12.1 Å². The fourth-order valence-corrected chi connectivity index (χ4v) is 1.63. The zero-order valence-electron chi connectivity index (χ0n) is 9.70. The monoisotopic (exact) mass is 232 g/mol. The average molecular weight is 232 g/mol. The molecule has 2 rings (SSSR count). The number of imidazole rings is 1. The van der Waals surface area contributed by atoms with E-state index in [9.17, 15) is 0 Å². The highest BCUT2D eigenvalue weighted by Crippen LogP contribution is 2.14. The molecule has 0 radical (unpaired) electrons. The molecule has 0 aliphatic rings. The van der Waals surface area contributed by atoms with Gasteiger partial charge in [-0.25, -0.2) is 4.98 Å². The van der Waals surface area contributed by atoms with Gasteiger partial charge in [-0.15, -0.1) is 0 Å². The van der Waals surface area contributed by atoms with Crippen LogP contribution in [0.3, 0.4) is 0 Å². The molecule has 1 aromatic carbocycles. The van der Waals surface area contributed by atoms with Gasteiger partial charge in [-0.1, -0.05) is 12.1 Å². The molecule has 0 aliphatic carbocycles. The largest absolute Gasteiger partial charge is 0.508 e. The van der Waals surface area contributed by atoms with Crippen LogP contribution in [0, 0.1) is 6.92 Å². The number of aromatic nitrogens is 2. The Bertz CT molecular complexity index is 490. The van der Waals surface area contributed by atoms with Crippen LogP contribution < -0.4 is 11.1 Å². The van der Waals surface area contributed by atoms with Gasteiger partial charge in [0.2, 0.25) is 0 Å². The molecule has 5 nitrogen and oxygen atoms in total. The van der Waals surface area contributed by atoms with E-state index in [0.29, 0.717) is 11.6 Å². The molecule has 1 heterocycles. The van der Waals surface area contributed by atoms with Gasteiger partial charge in [0.05, 0.1) is 0 Å². The fourth-order valence-electron chi connectivity index (χ4n) is 1.63. The van der Waals surface area contributed by atoms with Gasteiger partial charge < -0.3 is 21.1 Å². The molecule has 2 aromatic rings. The lowest BCUT2D eigenvalue weighted by Crippen LogP contribution is -2.06. The number of anilines is 2. The number of nitrogens with one attached hydrogen (secondary N) is 2. The van der Waals surface area contributed by atoms with Crippen LogP contribution >= 0.6 is 0 Å². The van der Waals surface area contributed by atoms with Crippen molar-refractivity contribution in [1.82, 2.24) is 9.97 Å². The molecule has 0 unspecified atom stereocenters. The molecular weight excluding hydrogens is 216 g/mol. The first-order valence-corrected chi connectivity index (χ1v) is 5.49. The molecule has 0 bridgehead atoms. The zero-order chi connectivity index (χ0) is 12.3. The van der Waals surface area contributed by atoms with Gasteiger partial charge in [-0.2, -0.15) is 0 Å². The van der Waals surface area contributed by atoms with Crippen molar-refractivity contribution < 1.29 is 5.11 Å². The van der Waals surface area contributed by atoms with Gasteiger partial charge in [-0.05, 0) is 31.0 Å². The van der Waals surface area contributed by atoms with Crippen molar-refractivity contribution in [2.24, 2.45) is 0 Å². The van der Waals surface area contributed by atoms with Crippen LogP contribution in [0.15, 0.2) is 24.3 Å². The Balaban J connectivity index is 1.87. The van der Waals surface area contributed by atoms with Crippen molar-refractivity contribution in [1.29, 1.82) is 0 Å². The number of phenolic OH excluding ortho intramolecular Hbond substituents is 1. The minimum Gasteiger partial charge on any atom is -0.508 e. The smallest absolute Gasteiger partial charge is 0.168 e. The molecule has 0 fully saturated rings. The molecule has 0 amide bonds. The minimum atomic E-state index is 0.286. The molecular formula is C12H16N4O. The van der Waals surface area contributed by atoms with Crippen molar-refractivity contribution in [2.45, 2.75) is 13.3 Å². The molecule has 1 aromatic heterocycles. The number of aromatic hydroxyl groups is 1. The Morgan fingerprint density at radius 1 is 1.35 bits per heavy atom. The van der Waals surface area contributed by atoms with E-state index in [-0.39, 0.29) is 5.75 Å². The Morgan fingerprint density at radius 3 is 2.65 bits per heavy atom. The average Bonchev–Trinajstić information content (AvgIpc) is 2.60. The van der Waals surface area contributed by atoms with E-state index in [1.165, 1.54) is 0 Å². The van der Waals surface area contributed by atoms with E-state index < -0.39 is 0 Å². The number of rotatable bonds is 4. The summed E-state index contributed by atoms with van der Waals surface area (Å²) in [7, 11) is 0. The molecule has 5 N–H and O–H groups in total. The van der Waals surface area contributed by atoms with Gasteiger partial charge in [0.1, 0.15) is 17.4 Å². The first-order chi connectivity index (χ1) is 8.15. The highest BCUT2D eigenvalue weighted by atomic mass is 16.3. The van der Waals surface area contributed by atoms with Crippen molar-refractivity contribution in [3.05, 3.63) is 35.7 Å². The normalized spacial score (nSPS) is 10.4. The lowest BCUT2D eigenvalue weighted by Gasteiger charge is -2.04. The van der Waals surface area contributed by atoms with Gasteiger partial charge in [0.25, 0.3) is 0 Å². The van der Waals surface area contributed by atoms with Crippen molar-refractivity contribution in [3.8, 4) is 5.75 Å². The lowest BCUT2D eigenvalue weighted by molar-refractivity contribution is 0.475. The number of nitrogen functional groups attached to an aromatic ring is 1. The van der Waals surface area contributed by atoms with Gasteiger partial charge >= 0.3 is 0 Å². The van der Waals surface area contributed by atoms with Crippen molar-refractivity contribution in [2.75, 3.05) is 17.6 Å². The SMILES string of the molecule is Cc1nc(NCCc2ccc(O)cc2)c(N)[nH]1. The summed E-state index contributed by atoms with van der Waals surface area (Å²) in [6, 6.07) is 7.16. The summed E-state index contributed by atoms with van der Waals surface area (Å²) < 4.78 is 0. The van der Waals surface area contributed by atoms with Crippen LogP contribution in [0.25, 0.3) is 0 Å². The van der Waals surface area contributed by atoms with E-state index in [2.05, 4.69) is 15.3 Å². The van der Waals surface area contributed by atoms with Gasteiger partial charge in [0, 0.05) is 6.54 Å². The summed E-state index contributed by atoms with van der Waals surface area (Å²) in [5.41, 5.74) is 6.88. The maximum atomic E-state index is 9.15. The summed E-state index contributed by atoms with van der Waals surface area (Å²) >= 11 is 0. The number of aromatic amines is 1. The highest BCUT2D eigenvalue weighted by Gasteiger charge is 2.03. The van der Waals surface area contributed by atoms with Crippen LogP contribution in [0.5, 0.6) is 5.75 Å². The molecule has 0 spiro atoms. The Hall–Kier alpha value is -2.17. The number of aryl methyl sites for hydroxylation is 1. The summed E-state index contributed by atoms with van der Waals surface area (Å²) in [4.78, 5) is 7.16. The van der Waals surface area contributed by atoms with E-state index in [4.69, 9.17) is 10.8 Å². The summed E-state index contributed by atoms with van der Waals surface area (Å²) in [6.07, 6.45) is 0.853. The topological polar surface area (TPSA) is 87.0 Å². The Kier molecular flexibility index (Phi) is 3.18. The minimum absolute atomic E-state index is 0.286. The fraction of sp³-hybridized carbons (Fsp3) is 0.250. The molecule has 90 valence electrons. The predicted octanol–water partition coefficient (Wildman–Crippen LogP) is 1.66. The molecule has 5 heteroatoms. The third-order valence-electron chi connectivity index (χ3n) is 2.49. The molecule has 17 heavy (non-hydrogen) atoms. The Morgan fingerprint density at radius 2 is 2.06 bits per heavy atom. The zero-order valence-corrected chi connectivity index (χ0v) is 9.70. The molecule has 0 saturated carbocycles. The number of H-pyrrole nitrogens is 1. The first kappa shape index (κ1) is 11.3. The first-order valence-electron chi connectivity index (χ1n) is 5.49. The number of hydrogen-bond donors (Lipinski definition) is 4. The quantitative estimate of drug-likeness (QED) is 0.645. The van der Waals surface area contributed by atoms with Crippen LogP contribution in [0.2, 0.25) is 0 Å². The number of nitrogens with zero attached hydrogens (tertiary/aromatic N) is 1. The summed E-state index contributed by atoms with van der Waals surface area (Å²) in [5, 5.41) is 12.3. The number of phenols is 1. The molecule has 0 atom stereocenters. The second-order valence-corrected chi connectivity index (χ2v) is 3.93. The van der Waals surface area contributed by atoms with E-state index >= 15 is 0 Å². The predicted molar refractivity (Wildman–Crippen MR) is 68.0 cm³/mol. The molecule has 0 aliphatic heterocycles. The number of nitrogens with two attached hydrogens (primary N) is 1. The number of benzene rings is 1. The maximum absolute atomic E-state index is 9.15. The number of hydrogen-bond acceptors (Lipinski definition) is 4. The molecule has 0 saturated heterocycles. The second kappa shape index (κ2) is 4.78. The summed E-state index contributed by atoms with van der Waals surface area (Å²) in [5.74, 6) is 2.35. The Labute approximate surface area is 99.7 Å². The van der Waals surface area contributed by atoms with Gasteiger partial charge in [-0.3, -0.25) is 0 Å². The standard InChI is InChI=1S/C12H16N4O/c1-8-15-11(13)12(16-8)14-7-6-9-2-4-10(17)5-3-9/h2-5,14,17H,6-7,13H2,1H3,(H,15,16). The van der Waals surface area contributed by atoms with Crippen LogP contribution in [0.4, 0.5) is 11.6 Å². The van der Waals surface area contributed by atoms with Crippen LogP contribution in [-0.2, 0) is 6.42 Å². The highest BCUT2D eigenvalue weighted by molar-refractivity contribution is 5.56. The maximum Gasteiger partial charge on any atom is 0.168 e. The van der Waals surface area contributed by atoms with E-state index in [1.807, 2.05) is 19.1 Å². The van der Waals surface area contributed by atoms with Crippen LogP contribution in [0.1, 0.15) is 11.4 Å². The van der Waals surface area contributed by atoms with Gasteiger partial charge in [0.15, 0.2) is 5.82 Å². The third-order valence-corrected chi connectivity index (χ3v) is 2.49. The van der Waals surface area contributed by atoms with Crippen LogP contribution in [-0.4, -0.2) is 21.6 Å².